The molecule has 2 N–H and O–H groups in total. The maximum Gasteiger partial charge on any atom is 0.140 e. The molecule has 2 aromatic rings. The van der Waals surface area contributed by atoms with Gasteiger partial charge < -0.3 is 15.0 Å². The van der Waals surface area contributed by atoms with Crippen molar-refractivity contribution in [3.63, 3.8) is 0 Å². The van der Waals surface area contributed by atoms with Gasteiger partial charge in [0, 0.05) is 30.4 Å². The van der Waals surface area contributed by atoms with Crippen molar-refractivity contribution in [1.29, 1.82) is 0 Å². The summed E-state index contributed by atoms with van der Waals surface area (Å²) in [5.41, 5.74) is 2.41. The SMILES string of the molecule is CC1CCN(C)CC1(O)C#Cc1cc[nH]c1Cc1ccccc1. The zero-order valence-electron chi connectivity index (χ0n) is 13.8. The first-order valence-electron chi connectivity index (χ1n) is 8.21. The Kier molecular flexibility index (Phi) is 4.56. The molecule has 23 heavy (non-hydrogen) atoms. The fraction of sp³-hybridized carbons (Fsp3) is 0.400. The molecule has 0 amide bonds. The van der Waals surface area contributed by atoms with Crippen molar-refractivity contribution >= 4 is 0 Å². The predicted octanol–water partition coefficient (Wildman–Crippen LogP) is 2.66. The summed E-state index contributed by atoms with van der Waals surface area (Å²) in [5, 5.41) is 10.9. The number of rotatable bonds is 2. The maximum absolute atomic E-state index is 10.9. The van der Waals surface area contributed by atoms with Crippen molar-refractivity contribution in [2.45, 2.75) is 25.4 Å². The van der Waals surface area contributed by atoms with Crippen molar-refractivity contribution in [3.8, 4) is 11.8 Å². The van der Waals surface area contributed by atoms with Gasteiger partial charge in [0.2, 0.25) is 0 Å². The van der Waals surface area contributed by atoms with Crippen LogP contribution in [-0.2, 0) is 6.42 Å². The van der Waals surface area contributed by atoms with Gasteiger partial charge in [-0.15, -0.1) is 0 Å². The second kappa shape index (κ2) is 6.62. The number of aromatic amines is 1. The highest BCUT2D eigenvalue weighted by Crippen LogP contribution is 2.26. The molecule has 0 bridgehead atoms. The zero-order valence-corrected chi connectivity index (χ0v) is 13.8. The molecular formula is C20H24N2O. The molecule has 1 aromatic heterocycles. The number of H-pyrrole nitrogens is 1. The van der Waals surface area contributed by atoms with Gasteiger partial charge >= 0.3 is 0 Å². The number of aromatic nitrogens is 1. The van der Waals surface area contributed by atoms with E-state index in [4.69, 9.17) is 0 Å². The Morgan fingerprint density at radius 2 is 2.09 bits per heavy atom. The highest BCUT2D eigenvalue weighted by molar-refractivity contribution is 5.42. The third-order valence-electron chi connectivity index (χ3n) is 4.74. The van der Waals surface area contributed by atoms with E-state index in [0.29, 0.717) is 6.54 Å². The van der Waals surface area contributed by atoms with E-state index in [1.165, 1.54) is 5.56 Å². The molecule has 2 atom stereocenters. The largest absolute Gasteiger partial charge is 0.376 e. The predicted molar refractivity (Wildman–Crippen MR) is 93.1 cm³/mol. The lowest BCUT2D eigenvalue weighted by Crippen LogP contribution is -2.50. The molecule has 1 aromatic carbocycles. The Bertz CT molecular complexity index is 710. The van der Waals surface area contributed by atoms with E-state index >= 15 is 0 Å². The summed E-state index contributed by atoms with van der Waals surface area (Å²) in [5.74, 6) is 6.56. The van der Waals surface area contributed by atoms with Crippen LogP contribution >= 0.6 is 0 Å². The molecule has 1 aliphatic heterocycles. The van der Waals surface area contributed by atoms with Gasteiger partial charge in [0.05, 0.1) is 0 Å². The third kappa shape index (κ3) is 3.67. The van der Waals surface area contributed by atoms with Crippen molar-refractivity contribution in [1.82, 2.24) is 9.88 Å². The molecule has 3 rings (SSSR count). The number of piperidine rings is 1. The highest BCUT2D eigenvalue weighted by atomic mass is 16.3. The maximum atomic E-state index is 10.9. The molecule has 0 saturated carbocycles. The number of likely N-dealkylation sites (tertiary alicyclic amines) is 1. The number of β-amino-alcohol motifs (C(OH)–C–C–N with tert-alkyl or cyclic N) is 1. The summed E-state index contributed by atoms with van der Waals surface area (Å²) in [7, 11) is 2.04. The van der Waals surface area contributed by atoms with Crippen molar-refractivity contribution in [2.24, 2.45) is 5.92 Å². The van der Waals surface area contributed by atoms with Crippen LogP contribution in [0.15, 0.2) is 42.6 Å². The number of hydrogen-bond acceptors (Lipinski definition) is 2. The first kappa shape index (κ1) is 15.9. The van der Waals surface area contributed by atoms with Crippen LogP contribution in [-0.4, -0.2) is 40.7 Å². The summed E-state index contributed by atoms with van der Waals surface area (Å²) in [6, 6.07) is 12.3. The van der Waals surface area contributed by atoms with Gasteiger partial charge in [-0.3, -0.25) is 0 Å². The molecule has 0 radical (unpaired) electrons. The van der Waals surface area contributed by atoms with Crippen LogP contribution in [0.2, 0.25) is 0 Å². The average molecular weight is 308 g/mol. The minimum atomic E-state index is -0.922. The lowest BCUT2D eigenvalue weighted by atomic mass is 9.83. The lowest BCUT2D eigenvalue weighted by molar-refractivity contribution is -0.0173. The monoisotopic (exact) mass is 308 g/mol. The molecular weight excluding hydrogens is 284 g/mol. The molecule has 2 unspecified atom stereocenters. The average Bonchev–Trinajstić information content (AvgIpc) is 2.98. The Labute approximate surface area is 138 Å². The quantitative estimate of drug-likeness (QED) is 0.837. The summed E-state index contributed by atoms with van der Waals surface area (Å²) in [6.07, 6.45) is 3.72. The minimum Gasteiger partial charge on any atom is -0.376 e. The van der Waals surface area contributed by atoms with Crippen molar-refractivity contribution < 1.29 is 5.11 Å². The lowest BCUT2D eigenvalue weighted by Gasteiger charge is -2.38. The first-order chi connectivity index (χ1) is 11.1. The van der Waals surface area contributed by atoms with Crippen molar-refractivity contribution in [3.05, 3.63) is 59.4 Å². The van der Waals surface area contributed by atoms with Crippen LogP contribution in [0.5, 0.6) is 0 Å². The van der Waals surface area contributed by atoms with Gasteiger partial charge in [0.15, 0.2) is 0 Å². The molecule has 1 fully saturated rings. The molecule has 3 nitrogen and oxygen atoms in total. The van der Waals surface area contributed by atoms with E-state index in [-0.39, 0.29) is 5.92 Å². The number of likely N-dealkylation sites (N-methyl/N-ethyl adjacent to an activating group) is 1. The van der Waals surface area contributed by atoms with E-state index in [1.54, 1.807) is 0 Å². The van der Waals surface area contributed by atoms with Gasteiger partial charge in [-0.05, 0) is 37.6 Å². The topological polar surface area (TPSA) is 39.3 Å². The van der Waals surface area contributed by atoms with E-state index in [1.807, 2.05) is 37.5 Å². The number of nitrogens with one attached hydrogen (secondary N) is 1. The van der Waals surface area contributed by atoms with E-state index in [9.17, 15) is 5.11 Å². The Balaban J connectivity index is 1.81. The van der Waals surface area contributed by atoms with E-state index in [2.05, 4.69) is 40.8 Å². The zero-order chi connectivity index (χ0) is 16.3. The van der Waals surface area contributed by atoms with E-state index < -0.39 is 5.60 Å². The number of aliphatic hydroxyl groups is 1. The highest BCUT2D eigenvalue weighted by Gasteiger charge is 2.36. The van der Waals surface area contributed by atoms with E-state index in [0.717, 1.165) is 30.6 Å². The smallest absolute Gasteiger partial charge is 0.140 e. The first-order valence-corrected chi connectivity index (χ1v) is 8.21. The van der Waals surface area contributed by atoms with Crippen LogP contribution in [0, 0.1) is 17.8 Å². The summed E-state index contributed by atoms with van der Waals surface area (Å²) < 4.78 is 0. The molecule has 2 heterocycles. The fourth-order valence-corrected chi connectivity index (χ4v) is 3.10. The summed E-state index contributed by atoms with van der Waals surface area (Å²) in [4.78, 5) is 5.43. The van der Waals surface area contributed by atoms with Crippen LogP contribution in [0.25, 0.3) is 0 Å². The normalized spacial score (nSPS) is 24.9. The van der Waals surface area contributed by atoms with Crippen LogP contribution in [0.4, 0.5) is 0 Å². The van der Waals surface area contributed by atoms with Gasteiger partial charge in [0.1, 0.15) is 5.60 Å². The number of benzene rings is 1. The van der Waals surface area contributed by atoms with Gasteiger partial charge in [-0.25, -0.2) is 0 Å². The number of hydrogen-bond donors (Lipinski definition) is 2. The molecule has 0 aliphatic carbocycles. The second-order valence-corrected chi connectivity index (χ2v) is 6.63. The minimum absolute atomic E-state index is 0.197. The molecule has 3 heteroatoms. The van der Waals surface area contributed by atoms with Crippen LogP contribution < -0.4 is 0 Å². The van der Waals surface area contributed by atoms with Crippen LogP contribution in [0.3, 0.4) is 0 Å². The fourth-order valence-electron chi connectivity index (χ4n) is 3.10. The van der Waals surface area contributed by atoms with Gasteiger partial charge in [0.25, 0.3) is 0 Å². The molecule has 1 saturated heterocycles. The number of nitrogens with zero attached hydrogens (tertiary/aromatic N) is 1. The van der Waals surface area contributed by atoms with Crippen molar-refractivity contribution in [2.75, 3.05) is 20.1 Å². The van der Waals surface area contributed by atoms with Gasteiger partial charge in [-0.1, -0.05) is 49.1 Å². The van der Waals surface area contributed by atoms with Crippen LogP contribution in [0.1, 0.15) is 30.2 Å². The standard InChI is InChI=1S/C20H24N2O/c1-16-10-13-22(2)15-20(16,23)11-8-18-9-12-21-19(18)14-17-6-4-3-5-7-17/h3-7,9,12,16,21,23H,10,13-15H2,1-2H3. The molecule has 0 spiro atoms. The molecule has 1 aliphatic rings. The summed E-state index contributed by atoms with van der Waals surface area (Å²) >= 11 is 0. The second-order valence-electron chi connectivity index (χ2n) is 6.63. The molecule has 120 valence electrons. The van der Waals surface area contributed by atoms with Gasteiger partial charge in [-0.2, -0.15) is 0 Å². The Hall–Kier alpha value is -2.02. The summed E-state index contributed by atoms with van der Waals surface area (Å²) in [6.45, 7) is 3.72. The third-order valence-corrected chi connectivity index (χ3v) is 4.74. The Morgan fingerprint density at radius 3 is 2.87 bits per heavy atom. The Morgan fingerprint density at radius 1 is 1.30 bits per heavy atom.